The van der Waals surface area contributed by atoms with Crippen molar-refractivity contribution in [1.82, 2.24) is 5.32 Å². The highest BCUT2D eigenvalue weighted by Gasteiger charge is 2.58. The molecule has 2 aromatic rings. The third-order valence-corrected chi connectivity index (χ3v) is 7.77. The van der Waals surface area contributed by atoms with E-state index in [4.69, 9.17) is 40.1 Å². The second-order valence-corrected chi connectivity index (χ2v) is 10.1. The Morgan fingerprint density at radius 1 is 1.18 bits per heavy atom. The van der Waals surface area contributed by atoms with E-state index < -0.39 is 30.0 Å². The van der Waals surface area contributed by atoms with Gasteiger partial charge in [-0.15, -0.1) is 0 Å². The molecule has 10 heteroatoms. The molecule has 1 atom stereocenters. The highest BCUT2D eigenvalue weighted by atomic mass is 35.5. The predicted molar refractivity (Wildman–Crippen MR) is 126 cm³/mol. The number of alkyl halides is 3. The fourth-order valence-corrected chi connectivity index (χ4v) is 4.72. The maximum atomic E-state index is 14.4. The zero-order chi connectivity index (χ0) is 24.9. The number of benzene rings is 2. The summed E-state index contributed by atoms with van der Waals surface area (Å²) in [6.07, 6.45) is -3.51. The average Bonchev–Trinajstić information content (AvgIpc) is 3.41. The minimum Gasteiger partial charge on any atom is -0.350 e. The molecule has 0 saturated heterocycles. The molecule has 1 heterocycles. The molecule has 1 aliphatic carbocycles. The maximum Gasteiger partial charge on any atom is 0.400 e. The van der Waals surface area contributed by atoms with Crippen LogP contribution in [-0.2, 0) is 5.41 Å². The summed E-state index contributed by atoms with van der Waals surface area (Å²) in [7, 11) is 0. The topological polar surface area (TPSA) is 65.2 Å². The molecule has 1 unspecified atom stereocenters. The molecule has 4 rings (SSSR count). The highest BCUT2D eigenvalue weighted by molar-refractivity contribution is 6.48. The fourth-order valence-electron chi connectivity index (χ4n) is 4.12. The molecule has 1 fully saturated rings. The number of aliphatic imine (C=N–C) groups is 1. The summed E-state index contributed by atoms with van der Waals surface area (Å²) in [5.74, 6) is -0.325. The number of amides is 1. The molecule has 178 valence electrons. The van der Waals surface area contributed by atoms with E-state index in [-0.39, 0.29) is 38.8 Å². The van der Waals surface area contributed by atoms with Crippen molar-refractivity contribution in [3.05, 3.63) is 67.7 Å². The molecule has 34 heavy (non-hydrogen) atoms. The zero-order valence-corrected chi connectivity index (χ0v) is 20.3. The van der Waals surface area contributed by atoms with E-state index in [0.717, 1.165) is 12.8 Å². The number of nitrogens with zero attached hydrogens (tertiary/aromatic N) is 2. The summed E-state index contributed by atoms with van der Waals surface area (Å²) in [6.45, 7) is 1.47. The first-order valence-electron chi connectivity index (χ1n) is 10.5. The molecule has 2 aliphatic rings. The van der Waals surface area contributed by atoms with E-state index in [0.29, 0.717) is 16.7 Å². The summed E-state index contributed by atoms with van der Waals surface area (Å²) in [5.41, 5.74) is -1.09. The smallest absolute Gasteiger partial charge is 0.350 e. The number of halogens is 6. The molecule has 0 radical (unpaired) electrons. The lowest BCUT2D eigenvalue weighted by molar-refractivity contribution is -0.183. The molecule has 1 aliphatic heterocycles. The summed E-state index contributed by atoms with van der Waals surface area (Å²) in [5, 5.41) is 11.8. The van der Waals surface area contributed by atoms with Crippen LogP contribution >= 0.6 is 34.8 Å². The molecule has 0 bridgehead atoms. The van der Waals surface area contributed by atoms with Gasteiger partial charge in [0.25, 0.3) is 5.91 Å². The predicted octanol–water partition coefficient (Wildman–Crippen LogP) is 6.68. The van der Waals surface area contributed by atoms with Crippen molar-refractivity contribution in [3.63, 3.8) is 0 Å². The molecule has 1 saturated carbocycles. The van der Waals surface area contributed by atoms with Crippen LogP contribution in [0.4, 0.5) is 13.2 Å². The van der Waals surface area contributed by atoms with Gasteiger partial charge in [0.15, 0.2) is 0 Å². The first kappa shape index (κ1) is 24.8. The molecule has 1 N–H and O–H groups in total. The number of carbonyl (C=O) groups excluding carboxylic acids is 1. The van der Waals surface area contributed by atoms with Gasteiger partial charge in [-0.2, -0.15) is 18.4 Å². The summed E-state index contributed by atoms with van der Waals surface area (Å²) in [4.78, 5) is 16.8. The monoisotopic (exact) mass is 527 g/mol. The molecular weight excluding hydrogens is 510 g/mol. The van der Waals surface area contributed by atoms with Crippen LogP contribution in [0.5, 0.6) is 0 Å². The van der Waals surface area contributed by atoms with Crippen molar-refractivity contribution in [2.45, 2.75) is 37.8 Å². The average molecular weight is 529 g/mol. The van der Waals surface area contributed by atoms with Gasteiger partial charge in [0.1, 0.15) is 5.41 Å². The van der Waals surface area contributed by atoms with Crippen LogP contribution in [0, 0.1) is 23.7 Å². The Kier molecular flexibility index (Phi) is 6.39. The first-order valence-corrected chi connectivity index (χ1v) is 11.6. The van der Waals surface area contributed by atoms with E-state index >= 15 is 0 Å². The Labute approximate surface area is 209 Å². The lowest BCUT2D eigenvalue weighted by atomic mass is 9.76. The van der Waals surface area contributed by atoms with Crippen molar-refractivity contribution in [3.8, 4) is 6.07 Å². The molecule has 4 nitrogen and oxygen atoms in total. The second kappa shape index (κ2) is 8.75. The van der Waals surface area contributed by atoms with Crippen molar-refractivity contribution in [2.75, 3.05) is 13.1 Å². The van der Waals surface area contributed by atoms with Crippen LogP contribution in [0.25, 0.3) is 0 Å². The minimum absolute atomic E-state index is 0.00425. The van der Waals surface area contributed by atoms with E-state index in [1.165, 1.54) is 12.1 Å². The van der Waals surface area contributed by atoms with Crippen LogP contribution in [0.1, 0.15) is 46.3 Å². The zero-order valence-electron chi connectivity index (χ0n) is 18.0. The SMILES string of the molecule is Cc1cc(C2=NCC(c3cc(Cl)c(Cl)c(Cl)c3)(C(F)(F)F)C2)ccc1C(=O)NCC1(C#N)CC1. The number of aryl methyl sites for hydroxylation is 1. The summed E-state index contributed by atoms with van der Waals surface area (Å²) >= 11 is 18.0. The number of hydrogen-bond acceptors (Lipinski definition) is 3. The highest BCUT2D eigenvalue weighted by Crippen LogP contribution is 2.50. The molecule has 0 aromatic heterocycles. The Bertz CT molecular complexity index is 1230. The van der Waals surface area contributed by atoms with Crippen molar-refractivity contribution in [2.24, 2.45) is 10.4 Å². The number of hydrogen-bond donors (Lipinski definition) is 1. The van der Waals surface area contributed by atoms with Gasteiger partial charge >= 0.3 is 6.18 Å². The van der Waals surface area contributed by atoms with Crippen molar-refractivity contribution >= 4 is 46.4 Å². The molecule has 1 amide bonds. The van der Waals surface area contributed by atoms with Gasteiger partial charge in [-0.25, -0.2) is 0 Å². The van der Waals surface area contributed by atoms with Crippen molar-refractivity contribution in [1.29, 1.82) is 5.26 Å². The third-order valence-electron chi connectivity index (χ3n) is 6.57. The Hall–Kier alpha value is -2.27. The van der Waals surface area contributed by atoms with Crippen LogP contribution in [0.3, 0.4) is 0 Å². The fraction of sp³-hybridized carbons (Fsp3) is 0.375. The summed E-state index contributed by atoms with van der Waals surface area (Å²) in [6, 6.07) is 9.40. The third kappa shape index (κ3) is 4.39. The van der Waals surface area contributed by atoms with Gasteiger partial charge in [0, 0.05) is 24.2 Å². The Morgan fingerprint density at radius 3 is 2.35 bits per heavy atom. The standard InChI is InChI=1S/C24H19Cl3F3N3O/c1-13-6-14(2-3-16(13)21(34)33-11-22(10-31)4-5-22)19-9-23(12-32-19,24(28,29)30)15-7-17(25)20(27)18(26)8-15/h2-3,6-8H,4-5,9,11-12H2,1H3,(H,33,34). The lowest BCUT2D eigenvalue weighted by Crippen LogP contribution is -2.43. The lowest BCUT2D eigenvalue weighted by Gasteiger charge is -2.32. The van der Waals surface area contributed by atoms with Gasteiger partial charge in [-0.1, -0.05) is 40.9 Å². The van der Waals surface area contributed by atoms with E-state index in [1.54, 1.807) is 25.1 Å². The van der Waals surface area contributed by atoms with Crippen molar-refractivity contribution < 1.29 is 18.0 Å². The number of rotatable bonds is 5. The molecular formula is C24H19Cl3F3N3O. The summed E-state index contributed by atoms with van der Waals surface area (Å²) < 4.78 is 43.1. The number of carbonyl (C=O) groups is 1. The Morgan fingerprint density at radius 2 is 1.82 bits per heavy atom. The van der Waals surface area contributed by atoms with E-state index in [9.17, 15) is 18.0 Å². The number of nitriles is 1. The van der Waals surface area contributed by atoms with E-state index in [1.807, 2.05) is 0 Å². The largest absolute Gasteiger partial charge is 0.400 e. The molecule has 0 spiro atoms. The van der Waals surface area contributed by atoms with Crippen LogP contribution in [-0.4, -0.2) is 30.9 Å². The first-order chi connectivity index (χ1) is 15.9. The van der Waals surface area contributed by atoms with Crippen LogP contribution < -0.4 is 5.32 Å². The molecule has 2 aromatic carbocycles. The van der Waals surface area contributed by atoms with Gasteiger partial charge in [0.2, 0.25) is 0 Å². The Balaban J connectivity index is 1.58. The minimum atomic E-state index is -4.62. The number of nitrogens with one attached hydrogen (secondary N) is 1. The van der Waals surface area contributed by atoms with Crippen LogP contribution in [0.2, 0.25) is 15.1 Å². The normalized spacial score (nSPS) is 21.1. The van der Waals surface area contributed by atoms with Gasteiger partial charge in [-0.3, -0.25) is 9.79 Å². The quantitative estimate of drug-likeness (QED) is 0.440. The maximum absolute atomic E-state index is 14.4. The van der Waals surface area contributed by atoms with Crippen LogP contribution in [0.15, 0.2) is 35.3 Å². The van der Waals surface area contributed by atoms with Gasteiger partial charge in [0.05, 0.1) is 33.1 Å². The van der Waals surface area contributed by atoms with Gasteiger partial charge in [-0.05, 0) is 60.7 Å². The van der Waals surface area contributed by atoms with Gasteiger partial charge < -0.3 is 5.32 Å². The second-order valence-electron chi connectivity index (χ2n) is 8.88. The van der Waals surface area contributed by atoms with E-state index in [2.05, 4.69) is 16.4 Å².